The molecule has 2 aromatic heterocycles. The highest BCUT2D eigenvalue weighted by Crippen LogP contribution is 2.30. The highest BCUT2D eigenvalue weighted by molar-refractivity contribution is 6.32. The lowest BCUT2D eigenvalue weighted by Gasteiger charge is -2.11. The summed E-state index contributed by atoms with van der Waals surface area (Å²) in [5.41, 5.74) is 2.69. The van der Waals surface area contributed by atoms with E-state index in [-0.39, 0.29) is 12.5 Å². The van der Waals surface area contributed by atoms with Crippen LogP contribution in [0.4, 0.5) is 5.82 Å². The maximum Gasteiger partial charge on any atom is 0.263 e. The van der Waals surface area contributed by atoms with Crippen LogP contribution < -0.4 is 10.1 Å². The summed E-state index contributed by atoms with van der Waals surface area (Å²) in [4.78, 5) is 16.4. The van der Waals surface area contributed by atoms with Gasteiger partial charge in [0, 0.05) is 12.3 Å². The van der Waals surface area contributed by atoms with Crippen LogP contribution in [0.3, 0.4) is 0 Å². The number of carbonyl (C=O) groups is 1. The van der Waals surface area contributed by atoms with Crippen molar-refractivity contribution in [3.05, 3.63) is 78.1 Å². The van der Waals surface area contributed by atoms with E-state index < -0.39 is 0 Å². The first-order chi connectivity index (χ1) is 13.2. The van der Waals surface area contributed by atoms with Gasteiger partial charge in [0.25, 0.3) is 5.91 Å². The Hall–Kier alpha value is -3.38. The van der Waals surface area contributed by atoms with Gasteiger partial charge in [0.05, 0.1) is 11.2 Å². The van der Waals surface area contributed by atoms with Crippen molar-refractivity contribution in [2.45, 2.75) is 0 Å². The highest BCUT2D eigenvalue weighted by Gasteiger charge is 2.10. The summed E-state index contributed by atoms with van der Waals surface area (Å²) >= 11 is 6.31. The van der Waals surface area contributed by atoms with Gasteiger partial charge in [-0.05, 0) is 29.3 Å². The molecule has 0 aliphatic carbocycles. The zero-order valence-electron chi connectivity index (χ0n) is 14.2. The van der Waals surface area contributed by atoms with Gasteiger partial charge in [-0.1, -0.05) is 48.0 Å². The fourth-order valence-electron chi connectivity index (χ4n) is 2.68. The fourth-order valence-corrected chi connectivity index (χ4v) is 2.91. The van der Waals surface area contributed by atoms with Crippen LogP contribution >= 0.6 is 11.6 Å². The lowest BCUT2D eigenvalue weighted by atomic mass is 10.1. The van der Waals surface area contributed by atoms with Crippen molar-refractivity contribution in [3.63, 3.8) is 0 Å². The molecule has 134 valence electrons. The third kappa shape index (κ3) is 3.75. The second kappa shape index (κ2) is 7.47. The molecule has 0 aliphatic rings. The van der Waals surface area contributed by atoms with E-state index in [9.17, 15) is 4.79 Å². The minimum absolute atomic E-state index is 0.171. The van der Waals surface area contributed by atoms with Gasteiger partial charge >= 0.3 is 0 Å². The smallest absolute Gasteiger partial charge is 0.263 e. The third-order valence-corrected chi connectivity index (χ3v) is 4.25. The minimum atomic E-state index is -0.318. The summed E-state index contributed by atoms with van der Waals surface area (Å²) < 4.78 is 7.11. The number of halogens is 1. The summed E-state index contributed by atoms with van der Waals surface area (Å²) in [6.45, 7) is -0.171. The van der Waals surface area contributed by atoms with E-state index >= 15 is 0 Å². The van der Waals surface area contributed by atoms with Crippen molar-refractivity contribution in [2.75, 3.05) is 11.9 Å². The molecule has 0 atom stereocenters. The zero-order chi connectivity index (χ0) is 18.6. The third-order valence-electron chi connectivity index (χ3n) is 3.96. The minimum Gasteiger partial charge on any atom is -0.482 e. The molecular formula is C20H15ClN4O2. The first kappa shape index (κ1) is 17.1. The highest BCUT2D eigenvalue weighted by atomic mass is 35.5. The van der Waals surface area contributed by atoms with Gasteiger partial charge in [0.2, 0.25) is 0 Å². The van der Waals surface area contributed by atoms with E-state index in [4.69, 9.17) is 16.3 Å². The summed E-state index contributed by atoms with van der Waals surface area (Å²) in [6, 6.07) is 18.8. The summed E-state index contributed by atoms with van der Waals surface area (Å²) in [5, 5.41) is 7.32. The Bertz CT molecular complexity index is 1100. The molecule has 0 bridgehead atoms. The average Bonchev–Trinajstić information content (AvgIpc) is 3.17. The van der Waals surface area contributed by atoms with E-state index in [0.29, 0.717) is 22.2 Å². The lowest BCUT2D eigenvalue weighted by molar-refractivity contribution is -0.118. The normalized spacial score (nSPS) is 10.7. The van der Waals surface area contributed by atoms with Gasteiger partial charge < -0.3 is 10.1 Å². The molecule has 0 fully saturated rings. The average molecular weight is 379 g/mol. The molecule has 1 amide bonds. The Labute approximate surface area is 160 Å². The van der Waals surface area contributed by atoms with Crippen molar-refractivity contribution in [1.29, 1.82) is 0 Å². The number of nitrogens with zero attached hydrogens (tertiary/aromatic N) is 3. The second-order valence-electron chi connectivity index (χ2n) is 5.78. The van der Waals surface area contributed by atoms with Crippen LogP contribution in [0.2, 0.25) is 5.02 Å². The van der Waals surface area contributed by atoms with Crippen LogP contribution in [-0.4, -0.2) is 27.1 Å². The van der Waals surface area contributed by atoms with Gasteiger partial charge in [0.1, 0.15) is 11.6 Å². The molecule has 7 heteroatoms. The van der Waals surface area contributed by atoms with Crippen molar-refractivity contribution in [3.8, 4) is 16.9 Å². The number of fused-ring (bicyclic) bond motifs is 1. The molecule has 1 N–H and O–H groups in total. The molecule has 27 heavy (non-hydrogen) atoms. The molecule has 0 saturated heterocycles. The molecule has 2 aromatic carbocycles. The van der Waals surface area contributed by atoms with Gasteiger partial charge in [-0.2, -0.15) is 9.61 Å². The second-order valence-corrected chi connectivity index (χ2v) is 6.19. The van der Waals surface area contributed by atoms with Crippen LogP contribution in [-0.2, 0) is 4.79 Å². The summed E-state index contributed by atoms with van der Waals surface area (Å²) in [7, 11) is 0. The quantitative estimate of drug-likeness (QED) is 0.568. The number of hydrogen-bond donors (Lipinski definition) is 1. The van der Waals surface area contributed by atoms with Crippen LogP contribution in [0.25, 0.3) is 16.8 Å². The molecular weight excluding hydrogens is 364 g/mol. The van der Waals surface area contributed by atoms with Crippen molar-refractivity contribution < 1.29 is 9.53 Å². The van der Waals surface area contributed by atoms with Crippen molar-refractivity contribution in [2.24, 2.45) is 0 Å². The van der Waals surface area contributed by atoms with Gasteiger partial charge in [-0.15, -0.1) is 0 Å². The molecule has 4 rings (SSSR count). The Kier molecular flexibility index (Phi) is 4.72. The molecule has 0 spiro atoms. The first-order valence-electron chi connectivity index (χ1n) is 8.27. The predicted molar refractivity (Wildman–Crippen MR) is 104 cm³/mol. The standard InChI is InChI=1S/C20H15ClN4O2/c21-16-12-15(14-4-2-1-3-5-14)6-7-17(16)27-13-20(26)24-19-8-10-22-18-9-11-23-25(18)19/h1-12H,13H2,(H,24,26). The first-order valence-corrected chi connectivity index (χ1v) is 8.65. The number of carbonyl (C=O) groups excluding carboxylic acids is 1. The molecule has 0 saturated carbocycles. The predicted octanol–water partition coefficient (Wildman–Crippen LogP) is 4.07. The SMILES string of the molecule is O=C(COc1ccc(-c2ccccc2)cc1Cl)Nc1ccnc2ccnn12. The molecule has 0 radical (unpaired) electrons. The van der Waals surface area contributed by atoms with Crippen LogP contribution in [0.1, 0.15) is 0 Å². The van der Waals surface area contributed by atoms with Gasteiger partial charge in [0.15, 0.2) is 12.3 Å². The Morgan fingerprint density at radius 2 is 1.89 bits per heavy atom. The van der Waals surface area contributed by atoms with Gasteiger partial charge in [-0.25, -0.2) is 4.98 Å². The summed E-state index contributed by atoms with van der Waals surface area (Å²) in [6.07, 6.45) is 3.22. The number of amides is 1. The van der Waals surface area contributed by atoms with E-state index in [0.717, 1.165) is 11.1 Å². The summed E-state index contributed by atoms with van der Waals surface area (Å²) in [5.74, 6) is 0.649. The molecule has 0 unspecified atom stereocenters. The maximum atomic E-state index is 12.2. The van der Waals surface area contributed by atoms with E-state index in [2.05, 4.69) is 15.4 Å². The number of aromatic nitrogens is 3. The van der Waals surface area contributed by atoms with Crippen LogP contribution in [0, 0.1) is 0 Å². The van der Waals surface area contributed by atoms with E-state index in [1.54, 1.807) is 35.1 Å². The van der Waals surface area contributed by atoms with Crippen molar-refractivity contribution >= 4 is 29.0 Å². The maximum absolute atomic E-state index is 12.2. The largest absolute Gasteiger partial charge is 0.482 e. The van der Waals surface area contributed by atoms with E-state index in [1.807, 2.05) is 42.5 Å². The Balaban J connectivity index is 1.42. The lowest BCUT2D eigenvalue weighted by Crippen LogP contribution is -2.21. The van der Waals surface area contributed by atoms with Crippen molar-refractivity contribution in [1.82, 2.24) is 14.6 Å². The molecule has 4 aromatic rings. The topological polar surface area (TPSA) is 68.5 Å². The molecule has 2 heterocycles. The Morgan fingerprint density at radius 1 is 1.04 bits per heavy atom. The molecule has 6 nitrogen and oxygen atoms in total. The number of ether oxygens (including phenoxy) is 1. The zero-order valence-corrected chi connectivity index (χ0v) is 14.9. The number of rotatable bonds is 5. The number of anilines is 1. The Morgan fingerprint density at radius 3 is 2.70 bits per heavy atom. The fraction of sp³-hybridized carbons (Fsp3) is 0.0500. The number of hydrogen-bond acceptors (Lipinski definition) is 4. The number of nitrogens with one attached hydrogen (secondary N) is 1. The number of benzene rings is 2. The monoisotopic (exact) mass is 378 g/mol. The van der Waals surface area contributed by atoms with E-state index in [1.165, 1.54) is 0 Å². The van der Waals surface area contributed by atoms with Crippen LogP contribution in [0.5, 0.6) is 5.75 Å². The van der Waals surface area contributed by atoms with Gasteiger partial charge in [-0.3, -0.25) is 4.79 Å². The van der Waals surface area contributed by atoms with Crippen LogP contribution in [0.15, 0.2) is 73.1 Å². The molecule has 0 aliphatic heterocycles.